The molecule has 1 saturated heterocycles. The smallest absolute Gasteiger partial charge is 0.226 e. The lowest BCUT2D eigenvalue weighted by Crippen LogP contribution is -2.47. The van der Waals surface area contributed by atoms with Gasteiger partial charge in [-0.25, -0.2) is 0 Å². The Kier molecular flexibility index (Phi) is 6.00. The Morgan fingerprint density at radius 3 is 2.59 bits per heavy atom. The molecule has 1 aliphatic carbocycles. The first-order valence-electron chi connectivity index (χ1n) is 7.50. The van der Waals surface area contributed by atoms with Gasteiger partial charge in [0.2, 0.25) is 5.91 Å². The third-order valence-corrected chi connectivity index (χ3v) is 5.00. The van der Waals surface area contributed by atoms with Crippen molar-refractivity contribution in [2.75, 3.05) is 20.1 Å². The Morgan fingerprint density at radius 1 is 1.27 bits per heavy atom. The summed E-state index contributed by atoms with van der Waals surface area (Å²) in [5.41, 5.74) is 1.09. The van der Waals surface area contributed by atoms with Crippen molar-refractivity contribution in [2.45, 2.75) is 31.2 Å². The topological polar surface area (TPSA) is 32.3 Å². The summed E-state index contributed by atoms with van der Waals surface area (Å²) in [7, 11) is 1.96. The molecule has 22 heavy (non-hydrogen) atoms. The normalized spacial score (nSPS) is 27.2. The highest BCUT2D eigenvalue weighted by molar-refractivity contribution is 6.34. The standard InChI is InChI=1S/C16H20Cl2N2O.ClH/c1-19-13-3-2-4-20(9-13)16(21)15-8-14(15)10-5-11(17)7-12(18)6-10;/h5-7,13-15,19H,2-4,8-9H2,1H3;1H. The lowest BCUT2D eigenvalue weighted by atomic mass is 10.0. The maximum Gasteiger partial charge on any atom is 0.226 e. The predicted octanol–water partition coefficient (Wildman–Crippen LogP) is 3.73. The number of piperidine rings is 1. The Bertz CT molecular complexity index is 532. The van der Waals surface area contributed by atoms with Gasteiger partial charge in [-0.15, -0.1) is 12.4 Å². The highest BCUT2D eigenvalue weighted by atomic mass is 35.5. The summed E-state index contributed by atoms with van der Waals surface area (Å²) in [4.78, 5) is 14.6. The van der Waals surface area contributed by atoms with Crippen molar-refractivity contribution in [3.63, 3.8) is 0 Å². The van der Waals surface area contributed by atoms with Gasteiger partial charge >= 0.3 is 0 Å². The molecule has 3 rings (SSSR count). The summed E-state index contributed by atoms with van der Waals surface area (Å²) in [6.07, 6.45) is 3.14. The number of likely N-dealkylation sites (N-methyl/N-ethyl adjacent to an activating group) is 1. The molecule has 0 bridgehead atoms. The van der Waals surface area contributed by atoms with Crippen molar-refractivity contribution in [2.24, 2.45) is 5.92 Å². The number of carbonyl (C=O) groups is 1. The second-order valence-electron chi connectivity index (χ2n) is 6.06. The van der Waals surface area contributed by atoms with E-state index in [1.807, 2.05) is 24.1 Å². The second kappa shape index (κ2) is 7.39. The molecule has 1 heterocycles. The van der Waals surface area contributed by atoms with Gasteiger partial charge in [0.05, 0.1) is 0 Å². The molecular weight excluding hydrogens is 343 g/mol. The summed E-state index contributed by atoms with van der Waals surface area (Å²) < 4.78 is 0. The first-order valence-corrected chi connectivity index (χ1v) is 8.26. The Balaban J connectivity index is 0.00000176. The summed E-state index contributed by atoms with van der Waals surface area (Å²) in [6, 6.07) is 6.02. The minimum Gasteiger partial charge on any atom is -0.341 e. The van der Waals surface area contributed by atoms with E-state index in [1.54, 1.807) is 6.07 Å². The molecule has 3 atom stereocenters. The van der Waals surface area contributed by atoms with Crippen LogP contribution in [0.25, 0.3) is 0 Å². The van der Waals surface area contributed by atoms with E-state index in [2.05, 4.69) is 5.32 Å². The van der Waals surface area contributed by atoms with Crippen molar-refractivity contribution in [1.82, 2.24) is 10.2 Å². The molecule has 1 aromatic rings. The Labute approximate surface area is 147 Å². The molecule has 2 fully saturated rings. The van der Waals surface area contributed by atoms with E-state index in [4.69, 9.17) is 23.2 Å². The van der Waals surface area contributed by atoms with Crippen LogP contribution in [0.15, 0.2) is 18.2 Å². The molecule has 3 unspecified atom stereocenters. The van der Waals surface area contributed by atoms with Gasteiger partial charge in [-0.05, 0) is 56.0 Å². The van der Waals surface area contributed by atoms with E-state index in [0.29, 0.717) is 16.1 Å². The average molecular weight is 364 g/mol. The van der Waals surface area contributed by atoms with Crippen LogP contribution < -0.4 is 5.32 Å². The van der Waals surface area contributed by atoms with Gasteiger partial charge in [0.25, 0.3) is 0 Å². The molecule has 122 valence electrons. The van der Waals surface area contributed by atoms with Gasteiger partial charge in [-0.3, -0.25) is 4.79 Å². The van der Waals surface area contributed by atoms with Crippen molar-refractivity contribution in [3.8, 4) is 0 Å². The number of hydrogen-bond acceptors (Lipinski definition) is 2. The first kappa shape index (κ1) is 17.9. The number of amides is 1. The third kappa shape index (κ3) is 3.88. The molecule has 1 amide bonds. The first-order chi connectivity index (χ1) is 10.1. The number of nitrogens with zero attached hydrogens (tertiary/aromatic N) is 1. The third-order valence-electron chi connectivity index (χ3n) is 4.56. The van der Waals surface area contributed by atoms with E-state index in [9.17, 15) is 4.79 Å². The summed E-state index contributed by atoms with van der Waals surface area (Å²) in [5.74, 6) is 0.676. The zero-order chi connectivity index (χ0) is 15.0. The molecule has 2 aliphatic rings. The van der Waals surface area contributed by atoms with Gasteiger partial charge in [-0.2, -0.15) is 0 Å². The van der Waals surface area contributed by atoms with Crippen LogP contribution in [0, 0.1) is 5.92 Å². The summed E-state index contributed by atoms with van der Waals surface area (Å²) in [5, 5.41) is 4.56. The Morgan fingerprint density at radius 2 is 1.95 bits per heavy atom. The molecule has 0 aromatic heterocycles. The minimum atomic E-state index is 0. The number of nitrogens with one attached hydrogen (secondary N) is 1. The monoisotopic (exact) mass is 362 g/mol. The quantitative estimate of drug-likeness (QED) is 0.887. The number of rotatable bonds is 3. The number of halogens is 3. The van der Waals surface area contributed by atoms with Crippen LogP contribution in [0.3, 0.4) is 0 Å². The van der Waals surface area contributed by atoms with Gasteiger partial charge in [-0.1, -0.05) is 23.2 Å². The molecule has 0 radical (unpaired) electrons. The fourth-order valence-electron chi connectivity index (χ4n) is 3.27. The lowest BCUT2D eigenvalue weighted by Gasteiger charge is -2.32. The van der Waals surface area contributed by atoms with Gasteiger partial charge in [0, 0.05) is 35.1 Å². The zero-order valence-corrected chi connectivity index (χ0v) is 14.8. The maximum atomic E-state index is 12.6. The minimum absolute atomic E-state index is 0. The van der Waals surface area contributed by atoms with Crippen LogP contribution in [-0.4, -0.2) is 37.0 Å². The largest absolute Gasteiger partial charge is 0.341 e. The fourth-order valence-corrected chi connectivity index (χ4v) is 3.82. The van der Waals surface area contributed by atoms with E-state index >= 15 is 0 Å². The van der Waals surface area contributed by atoms with Crippen LogP contribution in [0.2, 0.25) is 10.0 Å². The molecular formula is C16H21Cl3N2O. The fraction of sp³-hybridized carbons (Fsp3) is 0.562. The van der Waals surface area contributed by atoms with Crippen LogP contribution >= 0.6 is 35.6 Å². The van der Waals surface area contributed by atoms with E-state index < -0.39 is 0 Å². The van der Waals surface area contributed by atoms with Crippen molar-refractivity contribution in [3.05, 3.63) is 33.8 Å². The van der Waals surface area contributed by atoms with Gasteiger partial charge in [0.15, 0.2) is 0 Å². The highest BCUT2D eigenvalue weighted by Crippen LogP contribution is 2.49. The van der Waals surface area contributed by atoms with Crippen molar-refractivity contribution in [1.29, 1.82) is 0 Å². The van der Waals surface area contributed by atoms with Gasteiger partial charge < -0.3 is 10.2 Å². The SMILES string of the molecule is CNC1CCCN(C(=O)C2CC2c2cc(Cl)cc(Cl)c2)C1.Cl. The van der Waals surface area contributed by atoms with Gasteiger partial charge in [0.1, 0.15) is 0 Å². The Hall–Kier alpha value is -0.480. The predicted molar refractivity (Wildman–Crippen MR) is 93.2 cm³/mol. The van der Waals surface area contributed by atoms with Crippen LogP contribution in [0.5, 0.6) is 0 Å². The molecule has 1 N–H and O–H groups in total. The number of carbonyl (C=O) groups excluding carboxylic acids is 1. The number of hydrogen-bond donors (Lipinski definition) is 1. The molecule has 1 saturated carbocycles. The average Bonchev–Trinajstić information content (AvgIpc) is 3.26. The summed E-state index contributed by atoms with van der Waals surface area (Å²) >= 11 is 12.1. The van der Waals surface area contributed by atoms with Crippen LogP contribution in [0.1, 0.15) is 30.7 Å². The molecule has 0 spiro atoms. The zero-order valence-electron chi connectivity index (χ0n) is 12.5. The van der Waals surface area contributed by atoms with E-state index in [1.165, 1.54) is 0 Å². The van der Waals surface area contributed by atoms with E-state index in [-0.39, 0.29) is 30.2 Å². The van der Waals surface area contributed by atoms with Crippen LogP contribution in [-0.2, 0) is 4.79 Å². The highest BCUT2D eigenvalue weighted by Gasteiger charge is 2.46. The van der Waals surface area contributed by atoms with Crippen LogP contribution in [0.4, 0.5) is 0 Å². The summed E-state index contributed by atoms with van der Waals surface area (Å²) in [6.45, 7) is 1.71. The van der Waals surface area contributed by atoms with Crippen molar-refractivity contribution < 1.29 is 4.79 Å². The lowest BCUT2D eigenvalue weighted by molar-refractivity contribution is -0.134. The molecule has 3 nitrogen and oxygen atoms in total. The maximum absolute atomic E-state index is 12.6. The molecule has 1 aliphatic heterocycles. The number of benzene rings is 1. The van der Waals surface area contributed by atoms with E-state index in [0.717, 1.165) is 37.9 Å². The molecule has 1 aromatic carbocycles. The molecule has 6 heteroatoms. The number of likely N-dealkylation sites (tertiary alicyclic amines) is 1. The second-order valence-corrected chi connectivity index (χ2v) is 6.94. The van der Waals surface area contributed by atoms with Crippen molar-refractivity contribution >= 4 is 41.5 Å².